The zero-order valence-electron chi connectivity index (χ0n) is 13.2. The molecule has 0 spiro atoms. The second-order valence-electron chi connectivity index (χ2n) is 5.45. The molecule has 0 unspecified atom stereocenters. The van der Waals surface area contributed by atoms with Crippen molar-refractivity contribution in [2.24, 2.45) is 0 Å². The molecule has 2 aromatic rings. The van der Waals surface area contributed by atoms with Crippen molar-refractivity contribution in [1.29, 1.82) is 0 Å². The van der Waals surface area contributed by atoms with Gasteiger partial charge in [-0.05, 0) is 44.2 Å². The summed E-state index contributed by atoms with van der Waals surface area (Å²) in [6.45, 7) is 4.91. The van der Waals surface area contributed by atoms with Gasteiger partial charge in [0.25, 0.3) is 0 Å². The third-order valence-electron chi connectivity index (χ3n) is 3.22. The summed E-state index contributed by atoms with van der Waals surface area (Å²) < 4.78 is 5.97. The predicted molar refractivity (Wildman–Crippen MR) is 101 cm³/mol. The Morgan fingerprint density at radius 1 is 1.00 bits per heavy atom. The Balaban J connectivity index is 2.33. The van der Waals surface area contributed by atoms with Crippen molar-refractivity contribution in [2.75, 3.05) is 18.5 Å². The highest BCUT2D eigenvalue weighted by Crippen LogP contribution is 2.37. The van der Waals surface area contributed by atoms with Crippen LogP contribution in [0.3, 0.4) is 0 Å². The van der Waals surface area contributed by atoms with E-state index in [9.17, 15) is 0 Å². The zero-order chi connectivity index (χ0) is 17.0. The lowest BCUT2D eigenvalue weighted by molar-refractivity contribution is 0.483. The smallest absolute Gasteiger partial charge is 0.152 e. The van der Waals surface area contributed by atoms with Gasteiger partial charge in [0.1, 0.15) is 5.75 Å². The molecule has 0 amide bonds. The number of anilines is 1. The van der Waals surface area contributed by atoms with Gasteiger partial charge in [0.05, 0.1) is 10.7 Å². The van der Waals surface area contributed by atoms with Crippen LogP contribution in [0.2, 0.25) is 15.1 Å². The van der Waals surface area contributed by atoms with Crippen LogP contribution < -0.4 is 9.64 Å². The maximum atomic E-state index is 6.19. The molecule has 0 aliphatic carbocycles. The van der Waals surface area contributed by atoms with Gasteiger partial charge in [0.2, 0.25) is 0 Å². The van der Waals surface area contributed by atoms with Gasteiger partial charge in [-0.1, -0.05) is 46.5 Å². The standard InChI is InChI=1S/C18H18Cl3NO/c1-12(2)8-9-22(3)16-6-4-14(20)11-18(16)23-17-7-5-13(19)10-15(17)21/h4-8,10-11H,9H2,1-3H3. The molecule has 0 fully saturated rings. The molecule has 0 aromatic heterocycles. The molecule has 122 valence electrons. The Hall–Kier alpha value is -1.35. The number of rotatable bonds is 5. The van der Waals surface area contributed by atoms with Crippen molar-refractivity contribution in [3.05, 3.63) is 63.1 Å². The Morgan fingerprint density at radius 2 is 1.65 bits per heavy atom. The van der Waals surface area contributed by atoms with Crippen molar-refractivity contribution in [3.8, 4) is 11.5 Å². The van der Waals surface area contributed by atoms with Crippen molar-refractivity contribution in [2.45, 2.75) is 13.8 Å². The van der Waals surface area contributed by atoms with E-state index < -0.39 is 0 Å². The third kappa shape index (κ3) is 5.07. The van der Waals surface area contributed by atoms with Crippen LogP contribution in [-0.2, 0) is 0 Å². The molecule has 2 nitrogen and oxygen atoms in total. The first-order valence-electron chi connectivity index (χ1n) is 7.14. The van der Waals surface area contributed by atoms with Gasteiger partial charge in [-0.15, -0.1) is 0 Å². The summed E-state index contributed by atoms with van der Waals surface area (Å²) in [5, 5.41) is 1.62. The molecule has 0 saturated heterocycles. The minimum absolute atomic E-state index is 0.454. The highest BCUT2D eigenvalue weighted by Gasteiger charge is 2.12. The molecule has 0 aliphatic rings. The van der Waals surface area contributed by atoms with E-state index in [2.05, 4.69) is 24.8 Å². The fourth-order valence-corrected chi connectivity index (χ4v) is 2.59. The second-order valence-corrected chi connectivity index (χ2v) is 6.73. The number of likely N-dealkylation sites (N-methyl/N-ethyl adjacent to an activating group) is 1. The lowest BCUT2D eigenvalue weighted by Gasteiger charge is -2.21. The van der Waals surface area contributed by atoms with E-state index >= 15 is 0 Å². The molecule has 2 rings (SSSR count). The van der Waals surface area contributed by atoms with Crippen molar-refractivity contribution in [1.82, 2.24) is 0 Å². The summed E-state index contributed by atoms with van der Waals surface area (Å²) in [5.41, 5.74) is 2.19. The summed E-state index contributed by atoms with van der Waals surface area (Å²) >= 11 is 18.2. The molecule has 0 N–H and O–H groups in total. The van der Waals surface area contributed by atoms with Crippen molar-refractivity contribution in [3.63, 3.8) is 0 Å². The third-order valence-corrected chi connectivity index (χ3v) is 3.99. The quantitative estimate of drug-likeness (QED) is 0.534. The monoisotopic (exact) mass is 369 g/mol. The van der Waals surface area contributed by atoms with E-state index in [1.165, 1.54) is 5.57 Å². The van der Waals surface area contributed by atoms with Gasteiger partial charge in [-0.2, -0.15) is 0 Å². The average molecular weight is 371 g/mol. The fraction of sp³-hybridized carbons (Fsp3) is 0.222. The van der Waals surface area contributed by atoms with Gasteiger partial charge in [0, 0.05) is 29.7 Å². The van der Waals surface area contributed by atoms with E-state index in [0.29, 0.717) is 26.6 Å². The molecular formula is C18H18Cl3NO. The Labute approximate surface area is 152 Å². The number of benzene rings is 2. The highest BCUT2D eigenvalue weighted by atomic mass is 35.5. The number of nitrogens with zero attached hydrogens (tertiary/aromatic N) is 1. The number of hydrogen-bond acceptors (Lipinski definition) is 2. The Kier molecular flexibility index (Phi) is 6.23. The largest absolute Gasteiger partial charge is 0.454 e. The summed E-state index contributed by atoms with van der Waals surface area (Å²) in [6.07, 6.45) is 2.15. The summed E-state index contributed by atoms with van der Waals surface area (Å²) in [7, 11) is 2.00. The topological polar surface area (TPSA) is 12.5 Å². The predicted octanol–water partition coefficient (Wildman–Crippen LogP) is 6.84. The molecule has 0 bridgehead atoms. The molecule has 0 aliphatic heterocycles. The molecule has 0 atom stereocenters. The first-order valence-corrected chi connectivity index (χ1v) is 8.27. The SMILES string of the molecule is CC(C)=CCN(C)c1ccc(Cl)cc1Oc1ccc(Cl)cc1Cl. The molecule has 2 aromatic carbocycles. The van der Waals surface area contributed by atoms with Crippen molar-refractivity contribution >= 4 is 40.5 Å². The molecular weight excluding hydrogens is 353 g/mol. The van der Waals surface area contributed by atoms with Gasteiger partial charge in [0.15, 0.2) is 5.75 Å². The van der Waals surface area contributed by atoms with E-state index in [-0.39, 0.29) is 0 Å². The number of hydrogen-bond donors (Lipinski definition) is 0. The second kappa shape index (κ2) is 7.96. The van der Waals surface area contributed by atoms with E-state index in [0.717, 1.165) is 12.2 Å². The van der Waals surface area contributed by atoms with Gasteiger partial charge in [-0.25, -0.2) is 0 Å². The zero-order valence-corrected chi connectivity index (χ0v) is 15.5. The van der Waals surface area contributed by atoms with E-state index in [1.54, 1.807) is 24.3 Å². The highest BCUT2D eigenvalue weighted by molar-refractivity contribution is 6.35. The molecule has 0 heterocycles. The first kappa shape index (κ1) is 18.0. The van der Waals surface area contributed by atoms with Gasteiger partial charge in [-0.3, -0.25) is 0 Å². The molecule has 5 heteroatoms. The minimum atomic E-state index is 0.454. The lowest BCUT2D eigenvalue weighted by atomic mass is 10.2. The molecule has 23 heavy (non-hydrogen) atoms. The number of halogens is 3. The average Bonchev–Trinajstić information content (AvgIpc) is 2.48. The maximum Gasteiger partial charge on any atom is 0.152 e. The van der Waals surface area contributed by atoms with Crippen LogP contribution in [0.25, 0.3) is 0 Å². The van der Waals surface area contributed by atoms with E-state index in [1.807, 2.05) is 19.2 Å². The Morgan fingerprint density at radius 3 is 2.30 bits per heavy atom. The lowest BCUT2D eigenvalue weighted by Crippen LogP contribution is -2.17. The normalized spacial score (nSPS) is 10.3. The van der Waals surface area contributed by atoms with Gasteiger partial charge >= 0.3 is 0 Å². The molecule has 0 radical (unpaired) electrons. The summed E-state index contributed by atoms with van der Waals surface area (Å²) in [5.74, 6) is 1.18. The summed E-state index contributed by atoms with van der Waals surface area (Å²) in [6, 6.07) is 10.7. The Bertz CT molecular complexity index is 724. The van der Waals surface area contributed by atoms with Crippen LogP contribution in [-0.4, -0.2) is 13.6 Å². The number of allylic oxidation sites excluding steroid dienone is 1. The van der Waals surface area contributed by atoms with Gasteiger partial charge < -0.3 is 9.64 Å². The fourth-order valence-electron chi connectivity index (χ4n) is 1.98. The van der Waals surface area contributed by atoms with Crippen molar-refractivity contribution < 1.29 is 4.74 Å². The minimum Gasteiger partial charge on any atom is -0.454 e. The maximum absolute atomic E-state index is 6.19. The summed E-state index contributed by atoms with van der Waals surface area (Å²) in [4.78, 5) is 2.09. The van der Waals surface area contributed by atoms with Crippen LogP contribution in [0.15, 0.2) is 48.0 Å². The van der Waals surface area contributed by atoms with Crippen LogP contribution in [0.4, 0.5) is 5.69 Å². The number of ether oxygens (including phenoxy) is 1. The molecule has 0 saturated carbocycles. The van der Waals surface area contributed by atoms with Crippen LogP contribution >= 0.6 is 34.8 Å². The van der Waals surface area contributed by atoms with Crippen LogP contribution in [0.1, 0.15) is 13.8 Å². The first-order chi connectivity index (χ1) is 10.9. The van der Waals surface area contributed by atoms with Crippen LogP contribution in [0.5, 0.6) is 11.5 Å². The van der Waals surface area contributed by atoms with Crippen LogP contribution in [0, 0.1) is 0 Å². The van der Waals surface area contributed by atoms with E-state index in [4.69, 9.17) is 39.5 Å².